The number of hydrogen-bond donors (Lipinski definition) is 5. The zero-order valence-corrected chi connectivity index (χ0v) is 15.4. The predicted octanol–water partition coefficient (Wildman–Crippen LogP) is 1.95. The largest absolute Gasteiger partial charge is 0.508 e. The maximum absolute atomic E-state index is 12.8. The first kappa shape index (κ1) is 19.8. The highest BCUT2D eigenvalue weighted by molar-refractivity contribution is 5.82. The van der Waals surface area contributed by atoms with Crippen molar-refractivity contribution in [2.75, 3.05) is 6.61 Å². The van der Waals surface area contributed by atoms with Gasteiger partial charge in [-0.3, -0.25) is 4.79 Å². The fourth-order valence-electron chi connectivity index (χ4n) is 3.12. The molecule has 4 rings (SSSR count). The van der Waals surface area contributed by atoms with E-state index in [2.05, 4.69) is 0 Å². The molecule has 0 fully saturated rings. The summed E-state index contributed by atoms with van der Waals surface area (Å²) >= 11 is 0. The Hall–Kier alpha value is -3.53. The predicted molar refractivity (Wildman–Crippen MR) is 104 cm³/mol. The third kappa shape index (κ3) is 3.45. The van der Waals surface area contributed by atoms with Crippen LogP contribution >= 0.6 is 0 Å². The van der Waals surface area contributed by atoms with Crippen LogP contribution in [-0.4, -0.2) is 50.6 Å². The zero-order valence-electron chi connectivity index (χ0n) is 15.4. The lowest BCUT2D eigenvalue weighted by Gasteiger charge is -2.32. The highest BCUT2D eigenvalue weighted by atomic mass is 16.7. The molecule has 0 radical (unpaired) electrons. The molecule has 0 bridgehead atoms. The first-order valence-corrected chi connectivity index (χ1v) is 8.97. The molecule has 156 valence electrons. The van der Waals surface area contributed by atoms with Crippen LogP contribution in [0.2, 0.25) is 0 Å². The molecule has 1 aromatic heterocycles. The van der Waals surface area contributed by atoms with Gasteiger partial charge in [-0.25, -0.2) is 0 Å². The van der Waals surface area contributed by atoms with Crippen LogP contribution in [0.3, 0.4) is 0 Å². The summed E-state index contributed by atoms with van der Waals surface area (Å²) in [6, 6.07) is 10.5. The lowest BCUT2D eigenvalue weighted by atomic mass is 10.1. The average molecular weight is 414 g/mol. The number of phenolic OH excluding ortho intramolecular Hbond substituents is 1. The van der Waals surface area contributed by atoms with Gasteiger partial charge in [0.25, 0.3) is 0 Å². The molecule has 1 aliphatic rings. The molecule has 1 aliphatic heterocycles. The number of benzene rings is 2. The standard InChI is InChI=1S/C21H18O9/c22-8-16-18(25)19(26)20(27)21(30-16)29-12-5-6-13-15(7-12)28-9-14(17(13)24)10-1-3-11(23)4-2-10/h1-7,9,16,20-23,25-27H,8H2. The fraction of sp³-hybridized carbons (Fsp3) is 0.190. The summed E-state index contributed by atoms with van der Waals surface area (Å²) in [5.74, 6) is -1.18. The van der Waals surface area contributed by atoms with Crippen molar-refractivity contribution in [1.29, 1.82) is 0 Å². The summed E-state index contributed by atoms with van der Waals surface area (Å²) < 4.78 is 16.3. The van der Waals surface area contributed by atoms with E-state index in [9.17, 15) is 30.3 Å². The second-order valence-corrected chi connectivity index (χ2v) is 6.69. The van der Waals surface area contributed by atoms with E-state index in [0.717, 1.165) is 0 Å². The van der Waals surface area contributed by atoms with Crippen LogP contribution in [0.15, 0.2) is 69.5 Å². The van der Waals surface area contributed by atoms with Gasteiger partial charge in [0.05, 0.1) is 17.6 Å². The summed E-state index contributed by atoms with van der Waals surface area (Å²) in [4.78, 5) is 12.8. The van der Waals surface area contributed by atoms with E-state index in [0.29, 0.717) is 11.1 Å². The van der Waals surface area contributed by atoms with E-state index in [1.165, 1.54) is 36.6 Å². The average Bonchev–Trinajstić information content (AvgIpc) is 2.75. The number of ether oxygens (including phenoxy) is 2. The van der Waals surface area contributed by atoms with Crippen molar-refractivity contribution in [2.24, 2.45) is 0 Å². The normalized spacial score (nSPS) is 21.7. The van der Waals surface area contributed by atoms with Crippen molar-refractivity contribution in [3.8, 4) is 22.6 Å². The van der Waals surface area contributed by atoms with Crippen molar-refractivity contribution < 1.29 is 39.4 Å². The van der Waals surface area contributed by atoms with Crippen LogP contribution in [-0.2, 0) is 4.74 Å². The zero-order chi connectivity index (χ0) is 21.4. The minimum atomic E-state index is -1.67. The first-order chi connectivity index (χ1) is 14.4. The third-order valence-corrected chi connectivity index (χ3v) is 4.75. The van der Waals surface area contributed by atoms with Gasteiger partial charge in [-0.15, -0.1) is 0 Å². The molecule has 0 spiro atoms. The molecule has 3 atom stereocenters. The Bertz CT molecular complexity index is 1160. The molecule has 5 N–H and O–H groups in total. The molecule has 9 heteroatoms. The van der Waals surface area contributed by atoms with Crippen molar-refractivity contribution >= 4 is 11.0 Å². The number of aromatic hydroxyl groups is 1. The number of aliphatic hydroxyl groups is 4. The Morgan fingerprint density at radius 2 is 1.73 bits per heavy atom. The highest BCUT2D eigenvalue weighted by Crippen LogP contribution is 2.28. The lowest BCUT2D eigenvalue weighted by Crippen LogP contribution is -2.45. The number of hydrogen-bond acceptors (Lipinski definition) is 9. The number of fused-ring (bicyclic) bond motifs is 1. The van der Waals surface area contributed by atoms with E-state index in [1.807, 2.05) is 0 Å². The second-order valence-electron chi connectivity index (χ2n) is 6.69. The van der Waals surface area contributed by atoms with E-state index in [1.54, 1.807) is 12.1 Å². The fourth-order valence-corrected chi connectivity index (χ4v) is 3.12. The van der Waals surface area contributed by atoms with Crippen LogP contribution in [0.5, 0.6) is 11.5 Å². The Morgan fingerprint density at radius 1 is 1.00 bits per heavy atom. The molecule has 0 aliphatic carbocycles. The van der Waals surface area contributed by atoms with Gasteiger partial charge in [0.15, 0.2) is 23.1 Å². The molecular weight excluding hydrogens is 396 g/mol. The maximum atomic E-state index is 12.8. The molecule has 2 aromatic carbocycles. The molecule has 2 heterocycles. The Balaban J connectivity index is 1.64. The van der Waals surface area contributed by atoms with Gasteiger partial charge in [0.2, 0.25) is 6.29 Å². The SMILES string of the molecule is O=c1c(-c2ccc(O)cc2)coc2cc(OC3OC(CO)C(O)=C(O)C3O)ccc12. The van der Waals surface area contributed by atoms with Crippen molar-refractivity contribution in [2.45, 2.75) is 18.5 Å². The first-order valence-electron chi connectivity index (χ1n) is 8.97. The summed E-state index contributed by atoms with van der Waals surface area (Å²) in [6.07, 6.45) is -3.03. The maximum Gasteiger partial charge on any atom is 0.234 e. The minimum absolute atomic E-state index is 0.0791. The molecule has 0 saturated carbocycles. The topological polar surface area (TPSA) is 150 Å². The molecular formula is C21H18O9. The molecule has 9 nitrogen and oxygen atoms in total. The van der Waals surface area contributed by atoms with Gasteiger partial charge in [-0.1, -0.05) is 12.1 Å². The second kappa shape index (κ2) is 7.71. The van der Waals surface area contributed by atoms with E-state index < -0.39 is 36.6 Å². The van der Waals surface area contributed by atoms with Gasteiger partial charge in [-0.05, 0) is 29.8 Å². The van der Waals surface area contributed by atoms with Crippen LogP contribution in [0.4, 0.5) is 0 Å². The van der Waals surface area contributed by atoms with Crippen LogP contribution in [0, 0.1) is 0 Å². The van der Waals surface area contributed by atoms with Gasteiger partial charge in [0, 0.05) is 6.07 Å². The van der Waals surface area contributed by atoms with Gasteiger partial charge >= 0.3 is 0 Å². The quantitative estimate of drug-likeness (QED) is 0.432. The van der Waals surface area contributed by atoms with Crippen molar-refractivity contribution in [3.05, 3.63) is 70.5 Å². The minimum Gasteiger partial charge on any atom is -0.508 e. The molecule has 3 unspecified atom stereocenters. The number of aliphatic hydroxyl groups excluding tert-OH is 4. The smallest absolute Gasteiger partial charge is 0.234 e. The van der Waals surface area contributed by atoms with Crippen LogP contribution in [0.1, 0.15) is 0 Å². The van der Waals surface area contributed by atoms with Crippen molar-refractivity contribution in [1.82, 2.24) is 0 Å². The van der Waals surface area contributed by atoms with E-state index in [-0.39, 0.29) is 27.9 Å². The number of rotatable bonds is 4. The lowest BCUT2D eigenvalue weighted by molar-refractivity contribution is -0.192. The summed E-state index contributed by atoms with van der Waals surface area (Å²) in [6.45, 7) is -0.630. The number of phenols is 1. The van der Waals surface area contributed by atoms with Crippen molar-refractivity contribution in [3.63, 3.8) is 0 Å². The third-order valence-electron chi connectivity index (χ3n) is 4.75. The molecule has 3 aromatic rings. The van der Waals surface area contributed by atoms with Gasteiger partial charge in [0.1, 0.15) is 29.4 Å². The Morgan fingerprint density at radius 3 is 2.43 bits per heavy atom. The summed E-state index contributed by atoms with van der Waals surface area (Å²) in [5, 5.41) is 48.4. The van der Waals surface area contributed by atoms with Gasteiger partial charge < -0.3 is 39.4 Å². The Kier molecular flexibility index (Phi) is 5.08. The molecule has 30 heavy (non-hydrogen) atoms. The van der Waals surface area contributed by atoms with Crippen LogP contribution < -0.4 is 10.2 Å². The summed E-state index contributed by atoms with van der Waals surface area (Å²) in [5.41, 5.74) is 0.832. The van der Waals surface area contributed by atoms with Crippen LogP contribution in [0.25, 0.3) is 22.1 Å². The monoisotopic (exact) mass is 414 g/mol. The summed E-state index contributed by atoms with van der Waals surface area (Å²) in [7, 11) is 0. The van der Waals surface area contributed by atoms with E-state index in [4.69, 9.17) is 13.9 Å². The van der Waals surface area contributed by atoms with E-state index >= 15 is 0 Å². The molecule has 0 amide bonds. The highest BCUT2D eigenvalue weighted by Gasteiger charge is 2.38. The molecule has 0 saturated heterocycles. The Labute approximate surface area is 169 Å². The van der Waals surface area contributed by atoms with Gasteiger partial charge in [-0.2, -0.15) is 0 Å².